The molecule has 4 rings (SSSR count). The van der Waals surface area contributed by atoms with Crippen LogP contribution < -0.4 is 5.32 Å². The molecule has 0 unspecified atom stereocenters. The van der Waals surface area contributed by atoms with Gasteiger partial charge in [0.05, 0.1) is 6.67 Å². The molecular formula is C19H25N5OS. The number of piperidine rings is 1. The van der Waals surface area contributed by atoms with Crippen LogP contribution in [0.15, 0.2) is 30.3 Å². The number of amides is 1. The summed E-state index contributed by atoms with van der Waals surface area (Å²) in [5, 5.41) is 7.79. The molecule has 7 heteroatoms. The molecule has 1 saturated heterocycles. The van der Waals surface area contributed by atoms with Gasteiger partial charge in [0.25, 0.3) is 5.91 Å². The maximum atomic E-state index is 12.3. The highest BCUT2D eigenvalue weighted by atomic mass is 32.1. The smallest absolute Gasteiger partial charge is 0.251 e. The van der Waals surface area contributed by atoms with E-state index >= 15 is 0 Å². The van der Waals surface area contributed by atoms with E-state index in [1.807, 2.05) is 41.9 Å². The molecule has 2 aliphatic rings. The first-order chi connectivity index (χ1) is 12.6. The van der Waals surface area contributed by atoms with Crippen molar-refractivity contribution in [2.45, 2.75) is 51.4 Å². The molecule has 1 saturated carbocycles. The second-order valence-corrected chi connectivity index (χ2v) is 7.67. The van der Waals surface area contributed by atoms with Crippen LogP contribution in [0.25, 0.3) is 0 Å². The van der Waals surface area contributed by atoms with Crippen molar-refractivity contribution in [1.82, 2.24) is 24.6 Å². The zero-order chi connectivity index (χ0) is 18.1. The van der Waals surface area contributed by atoms with Crippen LogP contribution in [0.3, 0.4) is 0 Å². The Morgan fingerprint density at radius 1 is 1.19 bits per heavy atom. The number of carbonyl (C=O) groups excluding carboxylic acids is 1. The molecule has 1 aliphatic carbocycles. The SMILES string of the molecule is Cc1nn(CN2CCC(NC(=O)c3ccccc3)CC2)c(=S)n1C1CC1. The first kappa shape index (κ1) is 17.4. The molecular weight excluding hydrogens is 346 g/mol. The lowest BCUT2D eigenvalue weighted by Crippen LogP contribution is -2.45. The average Bonchev–Trinajstić information content (AvgIpc) is 3.44. The third-order valence-corrected chi connectivity index (χ3v) is 5.65. The lowest BCUT2D eigenvalue weighted by Gasteiger charge is -2.32. The van der Waals surface area contributed by atoms with Crippen molar-refractivity contribution in [3.8, 4) is 0 Å². The minimum atomic E-state index is 0.0186. The van der Waals surface area contributed by atoms with E-state index in [-0.39, 0.29) is 11.9 Å². The van der Waals surface area contributed by atoms with E-state index in [2.05, 4.69) is 19.9 Å². The van der Waals surface area contributed by atoms with Gasteiger partial charge in [-0.2, -0.15) is 5.10 Å². The molecule has 26 heavy (non-hydrogen) atoms. The largest absolute Gasteiger partial charge is 0.349 e. The number of rotatable bonds is 5. The van der Waals surface area contributed by atoms with Gasteiger partial charge >= 0.3 is 0 Å². The van der Waals surface area contributed by atoms with Gasteiger partial charge in [0.15, 0.2) is 4.77 Å². The number of aromatic nitrogens is 3. The first-order valence-electron chi connectivity index (χ1n) is 9.36. The van der Waals surface area contributed by atoms with Gasteiger partial charge in [0, 0.05) is 30.7 Å². The molecule has 1 amide bonds. The molecule has 2 aromatic rings. The summed E-state index contributed by atoms with van der Waals surface area (Å²) in [4.78, 5) is 14.7. The lowest BCUT2D eigenvalue weighted by atomic mass is 10.0. The van der Waals surface area contributed by atoms with Crippen molar-refractivity contribution in [3.05, 3.63) is 46.5 Å². The molecule has 138 valence electrons. The molecule has 1 aromatic carbocycles. The summed E-state index contributed by atoms with van der Waals surface area (Å²) in [7, 11) is 0. The van der Waals surface area contributed by atoms with Gasteiger partial charge in [-0.05, 0) is 57.0 Å². The predicted molar refractivity (Wildman–Crippen MR) is 103 cm³/mol. The Kier molecular flexibility index (Phi) is 4.91. The normalized spacial score (nSPS) is 18.8. The van der Waals surface area contributed by atoms with Crippen LogP contribution in [-0.2, 0) is 6.67 Å². The number of nitrogens with zero attached hydrogens (tertiary/aromatic N) is 4. The van der Waals surface area contributed by atoms with Gasteiger partial charge in [-0.15, -0.1) is 0 Å². The third-order valence-electron chi connectivity index (χ3n) is 5.25. The fraction of sp³-hybridized carbons (Fsp3) is 0.526. The number of likely N-dealkylation sites (tertiary alicyclic amines) is 1. The molecule has 0 spiro atoms. The molecule has 1 aromatic heterocycles. The number of aryl methyl sites for hydroxylation is 1. The first-order valence-corrected chi connectivity index (χ1v) is 9.77. The van der Waals surface area contributed by atoms with Gasteiger partial charge in [-0.1, -0.05) is 18.2 Å². The van der Waals surface area contributed by atoms with Crippen molar-refractivity contribution in [2.24, 2.45) is 0 Å². The van der Waals surface area contributed by atoms with Crippen LogP contribution >= 0.6 is 12.2 Å². The summed E-state index contributed by atoms with van der Waals surface area (Å²) in [6.45, 7) is 4.66. The standard InChI is InChI=1S/C19H25N5OS/c1-14-21-23(19(26)24(14)17-7-8-17)13-22-11-9-16(10-12-22)20-18(25)15-5-3-2-4-6-15/h2-6,16-17H,7-13H2,1H3,(H,20,25). The Balaban J connectivity index is 1.31. The van der Waals surface area contributed by atoms with Gasteiger partial charge < -0.3 is 9.88 Å². The maximum Gasteiger partial charge on any atom is 0.251 e. The molecule has 6 nitrogen and oxygen atoms in total. The minimum absolute atomic E-state index is 0.0186. The van der Waals surface area contributed by atoms with Crippen molar-refractivity contribution in [2.75, 3.05) is 13.1 Å². The topological polar surface area (TPSA) is 55.1 Å². The number of hydrogen-bond donors (Lipinski definition) is 1. The van der Waals surface area contributed by atoms with Gasteiger partial charge in [-0.3, -0.25) is 9.69 Å². The van der Waals surface area contributed by atoms with Crippen molar-refractivity contribution >= 4 is 18.1 Å². The zero-order valence-corrected chi connectivity index (χ0v) is 15.9. The fourth-order valence-corrected chi connectivity index (χ4v) is 4.02. The number of carbonyl (C=O) groups is 1. The highest BCUT2D eigenvalue weighted by Gasteiger charge is 2.28. The van der Waals surface area contributed by atoms with Crippen LogP contribution in [0.2, 0.25) is 0 Å². The third kappa shape index (κ3) is 3.73. The van der Waals surface area contributed by atoms with Crippen LogP contribution in [0.5, 0.6) is 0 Å². The molecule has 0 radical (unpaired) electrons. The van der Waals surface area contributed by atoms with Crippen molar-refractivity contribution in [3.63, 3.8) is 0 Å². The summed E-state index contributed by atoms with van der Waals surface area (Å²) in [5.74, 6) is 1.03. The van der Waals surface area contributed by atoms with Crippen LogP contribution in [0.4, 0.5) is 0 Å². The molecule has 0 bridgehead atoms. The second kappa shape index (κ2) is 7.32. The maximum absolute atomic E-state index is 12.3. The Bertz CT molecular complexity index is 831. The summed E-state index contributed by atoms with van der Waals surface area (Å²) in [6.07, 6.45) is 4.34. The highest BCUT2D eigenvalue weighted by Crippen LogP contribution is 2.35. The minimum Gasteiger partial charge on any atom is -0.349 e. The molecule has 0 atom stereocenters. The van der Waals surface area contributed by atoms with E-state index in [1.54, 1.807) is 0 Å². The number of nitrogens with one attached hydrogen (secondary N) is 1. The van der Waals surface area contributed by atoms with Crippen LogP contribution in [0, 0.1) is 11.7 Å². The van der Waals surface area contributed by atoms with Crippen LogP contribution in [0.1, 0.15) is 47.9 Å². The Morgan fingerprint density at radius 2 is 1.88 bits per heavy atom. The van der Waals surface area contributed by atoms with Crippen molar-refractivity contribution in [1.29, 1.82) is 0 Å². The van der Waals surface area contributed by atoms with Gasteiger partial charge in [-0.25, -0.2) is 4.68 Å². The second-order valence-electron chi connectivity index (χ2n) is 7.30. The summed E-state index contributed by atoms with van der Waals surface area (Å²) >= 11 is 5.61. The summed E-state index contributed by atoms with van der Waals surface area (Å²) in [6, 6.07) is 10.2. The van der Waals surface area contributed by atoms with Gasteiger partial charge in [0.2, 0.25) is 0 Å². The van der Waals surface area contributed by atoms with E-state index in [1.165, 1.54) is 12.8 Å². The molecule has 1 N–H and O–H groups in total. The Hall–Kier alpha value is -1.99. The Morgan fingerprint density at radius 3 is 2.54 bits per heavy atom. The highest BCUT2D eigenvalue weighted by molar-refractivity contribution is 7.71. The molecule has 2 heterocycles. The van der Waals surface area contributed by atoms with E-state index in [0.29, 0.717) is 6.04 Å². The number of hydrogen-bond acceptors (Lipinski definition) is 4. The monoisotopic (exact) mass is 371 g/mol. The summed E-state index contributed by atoms with van der Waals surface area (Å²) in [5.41, 5.74) is 0.724. The quantitative estimate of drug-likeness (QED) is 0.821. The van der Waals surface area contributed by atoms with E-state index in [9.17, 15) is 4.79 Å². The van der Waals surface area contributed by atoms with E-state index < -0.39 is 0 Å². The van der Waals surface area contributed by atoms with E-state index in [4.69, 9.17) is 12.2 Å². The van der Waals surface area contributed by atoms with Crippen molar-refractivity contribution < 1.29 is 4.79 Å². The number of benzene rings is 1. The summed E-state index contributed by atoms with van der Waals surface area (Å²) < 4.78 is 4.98. The van der Waals surface area contributed by atoms with E-state index in [0.717, 1.165) is 48.8 Å². The Labute approximate surface area is 158 Å². The average molecular weight is 372 g/mol. The predicted octanol–water partition coefficient (Wildman–Crippen LogP) is 2.91. The lowest BCUT2D eigenvalue weighted by molar-refractivity contribution is 0.0895. The molecule has 2 fully saturated rings. The zero-order valence-electron chi connectivity index (χ0n) is 15.1. The van der Waals surface area contributed by atoms with Crippen LogP contribution in [-0.4, -0.2) is 44.3 Å². The molecule has 1 aliphatic heterocycles. The van der Waals surface area contributed by atoms with Gasteiger partial charge in [0.1, 0.15) is 5.82 Å². The fourth-order valence-electron chi connectivity index (χ4n) is 3.64.